The van der Waals surface area contributed by atoms with Crippen LogP contribution in [-0.4, -0.2) is 75.3 Å². The van der Waals surface area contributed by atoms with Crippen molar-refractivity contribution in [3.63, 3.8) is 0 Å². The van der Waals surface area contributed by atoms with Gasteiger partial charge >= 0.3 is 0 Å². The molecule has 0 saturated heterocycles. The number of hydrogen-bond acceptors (Lipinski definition) is 8. The van der Waals surface area contributed by atoms with Crippen molar-refractivity contribution in [3.05, 3.63) is 88.0 Å². The van der Waals surface area contributed by atoms with E-state index in [-0.39, 0.29) is 54.2 Å². The summed E-state index contributed by atoms with van der Waals surface area (Å²) in [4.78, 5) is 51.2. The van der Waals surface area contributed by atoms with Crippen molar-refractivity contribution in [2.24, 2.45) is 17.2 Å². The molecule has 2 aromatic rings. The summed E-state index contributed by atoms with van der Waals surface area (Å²) in [6, 6.07) is 14.8. The number of nitrogens with zero attached hydrogens (tertiary/aromatic N) is 1. The number of amides is 4. The van der Waals surface area contributed by atoms with E-state index in [0.29, 0.717) is 6.42 Å². The number of thioether (sulfide) groups is 1. The fraction of sp³-hybridized carbons (Fsp3) is 0.400. The van der Waals surface area contributed by atoms with Crippen LogP contribution < -0.4 is 22.5 Å². The van der Waals surface area contributed by atoms with Gasteiger partial charge in [-0.3, -0.25) is 24.0 Å². The molecule has 0 radical (unpaired) electrons. The number of hydrogen-bond donors (Lipinski definition) is 6. The maximum atomic E-state index is 11.9. The Morgan fingerprint density at radius 1 is 0.925 bits per heavy atom. The average molecular weight is 749 g/mol. The molecule has 5 rings (SSSR count). The first-order valence-corrected chi connectivity index (χ1v) is 18.5. The molecular formula is C40H54N5O7S+. The highest BCUT2D eigenvalue weighted by molar-refractivity contribution is 8.14. The molecular weight excluding hydrogens is 695 g/mol. The number of anilines is 1. The molecule has 0 saturated carbocycles. The fourth-order valence-electron chi connectivity index (χ4n) is 5.99. The van der Waals surface area contributed by atoms with E-state index in [1.54, 1.807) is 6.92 Å². The smallest absolute Gasteiger partial charge is 0.227 e. The Labute approximate surface area is 316 Å². The Balaban J connectivity index is 0.000000422. The van der Waals surface area contributed by atoms with E-state index in [2.05, 4.69) is 96.9 Å². The molecule has 12 nitrogen and oxygen atoms in total. The zero-order valence-corrected chi connectivity index (χ0v) is 32.2. The zero-order valence-electron chi connectivity index (χ0n) is 31.4. The van der Waals surface area contributed by atoms with Crippen LogP contribution in [0.4, 0.5) is 11.4 Å². The molecule has 4 amide bonds. The highest BCUT2D eigenvalue weighted by Crippen LogP contribution is 2.41. The van der Waals surface area contributed by atoms with E-state index < -0.39 is 11.8 Å². The van der Waals surface area contributed by atoms with Crippen LogP contribution >= 0.6 is 11.8 Å². The largest absolute Gasteiger partial charge is 0.396 e. The van der Waals surface area contributed by atoms with Crippen molar-refractivity contribution in [1.29, 1.82) is 0 Å². The molecule has 9 N–H and O–H groups in total. The van der Waals surface area contributed by atoms with Crippen molar-refractivity contribution in [2.45, 2.75) is 78.1 Å². The van der Waals surface area contributed by atoms with Gasteiger partial charge in [0.15, 0.2) is 10.8 Å². The van der Waals surface area contributed by atoms with Gasteiger partial charge in [-0.05, 0) is 79.5 Å². The Bertz CT molecular complexity index is 1780. The Morgan fingerprint density at radius 2 is 1.58 bits per heavy atom. The number of allylic oxidation sites excluding steroid dienone is 5. The average Bonchev–Trinajstić information content (AvgIpc) is 3.30. The van der Waals surface area contributed by atoms with Crippen molar-refractivity contribution in [2.75, 3.05) is 31.3 Å². The van der Waals surface area contributed by atoms with Gasteiger partial charge in [-0.2, -0.15) is 4.58 Å². The lowest BCUT2D eigenvalue weighted by molar-refractivity contribution is -0.401. The maximum Gasteiger partial charge on any atom is 0.227 e. The topological polar surface area (TPSA) is 219 Å². The summed E-state index contributed by atoms with van der Waals surface area (Å²) in [5.74, 6) is -1.22. The molecule has 2 aromatic carbocycles. The van der Waals surface area contributed by atoms with Crippen LogP contribution in [-0.2, 0) is 35.8 Å². The minimum Gasteiger partial charge on any atom is -0.396 e. The summed E-state index contributed by atoms with van der Waals surface area (Å²) in [7, 11) is 2.17. The molecule has 1 heterocycles. The molecule has 0 aromatic heterocycles. The van der Waals surface area contributed by atoms with Crippen molar-refractivity contribution < 1.29 is 38.8 Å². The maximum absolute atomic E-state index is 11.9. The predicted octanol–water partition coefficient (Wildman–Crippen LogP) is 4.18. The lowest BCUT2D eigenvalue weighted by Gasteiger charge is -2.27. The standard InChI is InChI=1S/C30H32N2O2.C4H7NO2S.C3H7NO2.C3H7NO/c1-30(2)26-9-4-5-10-27(26)32(3)28(30)14-12-20-7-6-8-22-17-21-11-13-24(31-29(34)15-16-33)18-23(21)19-25(20)22;1-3(6)8-2-4(5)7;4-3(6)1-2-5;1-2-3(4)5/h4-5,9-14,17-18,33H,6-8,15-16,19H2,1-3H3;2H2,1H3,(H2,5,7);5H,1-2H2,(H2,4,6);2H2,1H3,(H2,4,5)/p+1. The normalized spacial score (nSPS) is 14.8. The van der Waals surface area contributed by atoms with Crippen molar-refractivity contribution in [3.8, 4) is 0 Å². The second kappa shape index (κ2) is 21.6. The number of aliphatic hydroxyl groups is 2. The van der Waals surface area contributed by atoms with Crippen LogP contribution in [0.3, 0.4) is 0 Å². The third-order valence-corrected chi connectivity index (χ3v) is 9.47. The van der Waals surface area contributed by atoms with Gasteiger partial charge in [-0.1, -0.05) is 55.1 Å². The summed E-state index contributed by atoms with van der Waals surface area (Å²) < 4.78 is 2.33. The number of benzene rings is 2. The van der Waals surface area contributed by atoms with Crippen molar-refractivity contribution in [1.82, 2.24) is 0 Å². The van der Waals surface area contributed by atoms with Crippen LogP contribution in [0, 0.1) is 0 Å². The predicted molar refractivity (Wildman–Crippen MR) is 212 cm³/mol. The number of fused-ring (bicyclic) bond motifs is 3. The highest BCUT2D eigenvalue weighted by atomic mass is 32.2. The summed E-state index contributed by atoms with van der Waals surface area (Å²) >= 11 is 0.926. The van der Waals surface area contributed by atoms with E-state index in [4.69, 9.17) is 15.9 Å². The third-order valence-electron chi connectivity index (χ3n) is 8.64. The first kappa shape index (κ1) is 44.3. The van der Waals surface area contributed by atoms with E-state index in [0.717, 1.165) is 36.7 Å². The van der Waals surface area contributed by atoms with E-state index in [1.807, 2.05) is 6.07 Å². The molecule has 286 valence electrons. The zero-order chi connectivity index (χ0) is 39.7. The quantitative estimate of drug-likeness (QED) is 0.193. The molecule has 0 spiro atoms. The van der Waals surface area contributed by atoms with Gasteiger partial charge in [0.25, 0.3) is 0 Å². The molecule has 13 heteroatoms. The molecule has 0 unspecified atom stereocenters. The lowest BCUT2D eigenvalue weighted by Crippen LogP contribution is -2.26. The van der Waals surface area contributed by atoms with Gasteiger partial charge in [-0.25, -0.2) is 0 Å². The Kier molecular flexibility index (Phi) is 18.1. The molecule has 0 fully saturated rings. The first-order chi connectivity index (χ1) is 25.0. The lowest BCUT2D eigenvalue weighted by atomic mass is 9.77. The van der Waals surface area contributed by atoms with E-state index in [1.165, 1.54) is 58.2 Å². The van der Waals surface area contributed by atoms with Gasteiger partial charge in [-0.15, -0.1) is 0 Å². The fourth-order valence-corrected chi connectivity index (χ4v) is 6.34. The molecule has 53 heavy (non-hydrogen) atoms. The molecule has 3 aliphatic rings. The van der Waals surface area contributed by atoms with Gasteiger partial charge in [0, 0.05) is 43.2 Å². The third kappa shape index (κ3) is 13.9. The second-order valence-corrected chi connectivity index (χ2v) is 14.2. The first-order valence-electron chi connectivity index (χ1n) is 17.5. The monoisotopic (exact) mass is 748 g/mol. The van der Waals surface area contributed by atoms with Crippen LogP contribution in [0.1, 0.15) is 82.9 Å². The summed E-state index contributed by atoms with van der Waals surface area (Å²) in [6.45, 7) is 7.46. The SMILES string of the molecule is CC(=O)SCC(N)=O.CCC(N)=O.C[N+]1=C(/C=C/C2=C3Cc4cc(NC(=O)CCO)ccc4C=C3CCC2)C(C)(C)c2ccccc21.NC(=O)CCO. The van der Waals surface area contributed by atoms with Crippen LogP contribution in [0.25, 0.3) is 6.08 Å². The number of nitrogens with one attached hydrogen (secondary N) is 1. The van der Waals surface area contributed by atoms with Gasteiger partial charge in [0.1, 0.15) is 7.05 Å². The molecule has 2 aliphatic carbocycles. The van der Waals surface area contributed by atoms with E-state index >= 15 is 0 Å². The number of nitrogens with two attached hydrogens (primary N) is 3. The molecule has 1 aliphatic heterocycles. The number of carbonyl (C=O) groups excluding carboxylic acids is 5. The number of rotatable bonds is 10. The van der Waals surface area contributed by atoms with Gasteiger partial charge in [0.05, 0.1) is 30.8 Å². The Hall–Kier alpha value is -4.85. The second-order valence-electron chi connectivity index (χ2n) is 13.1. The summed E-state index contributed by atoms with van der Waals surface area (Å²) in [6.07, 6.45) is 11.9. The van der Waals surface area contributed by atoms with Crippen LogP contribution in [0.15, 0.2) is 71.3 Å². The Morgan fingerprint density at radius 3 is 2.11 bits per heavy atom. The number of para-hydroxylation sites is 1. The number of carbonyl (C=O) groups is 5. The van der Waals surface area contributed by atoms with Crippen LogP contribution in [0.5, 0.6) is 0 Å². The highest BCUT2D eigenvalue weighted by Gasteiger charge is 2.42. The minimum absolute atomic E-state index is 0.0265. The van der Waals surface area contributed by atoms with Crippen molar-refractivity contribution >= 4 is 63.7 Å². The van der Waals surface area contributed by atoms with Gasteiger partial charge in [0.2, 0.25) is 29.3 Å². The van der Waals surface area contributed by atoms with Crippen LogP contribution in [0.2, 0.25) is 0 Å². The number of aliphatic hydroxyl groups excluding tert-OH is 2. The van der Waals surface area contributed by atoms with Gasteiger partial charge < -0.3 is 32.7 Å². The summed E-state index contributed by atoms with van der Waals surface area (Å²) in [5, 5.41) is 19.8. The molecule has 0 atom stereocenters. The molecule has 0 bridgehead atoms. The van der Waals surface area contributed by atoms with E-state index in [9.17, 15) is 24.0 Å². The number of primary amides is 3. The summed E-state index contributed by atoms with van der Waals surface area (Å²) in [5.41, 5.74) is 25.5. The minimum atomic E-state index is -0.461.